The average Bonchev–Trinajstić information content (AvgIpc) is 2.61. The van der Waals surface area contributed by atoms with Crippen LogP contribution in [-0.2, 0) is 20.3 Å². The smallest absolute Gasteiger partial charge is 0.387 e. The van der Waals surface area contributed by atoms with Gasteiger partial charge in [0, 0.05) is 12.6 Å². The largest absolute Gasteiger partial charge is 0.435 e. The third-order valence-electron chi connectivity index (χ3n) is 4.15. The number of nitrogens with zero attached hydrogens (tertiary/aromatic N) is 3. The number of sulfone groups is 1. The van der Waals surface area contributed by atoms with Crippen LogP contribution in [0, 0.1) is 0 Å². The molecule has 1 fully saturated rings. The highest BCUT2D eigenvalue weighted by Gasteiger charge is 2.23. The van der Waals surface area contributed by atoms with E-state index >= 15 is 0 Å². The van der Waals surface area contributed by atoms with E-state index in [9.17, 15) is 17.2 Å². The van der Waals surface area contributed by atoms with Gasteiger partial charge in [-0.05, 0) is 42.8 Å². The molecule has 0 bridgehead atoms. The van der Waals surface area contributed by atoms with Crippen LogP contribution >= 0.6 is 11.6 Å². The molecule has 1 aromatic heterocycles. The van der Waals surface area contributed by atoms with Crippen LogP contribution in [0.1, 0.15) is 12.6 Å². The molecule has 0 N–H and O–H groups in total. The van der Waals surface area contributed by atoms with Gasteiger partial charge in [-0.3, -0.25) is 0 Å². The predicted molar refractivity (Wildman–Crippen MR) is 98.6 cm³/mol. The molecule has 0 spiro atoms. The second-order valence-electron chi connectivity index (χ2n) is 6.21. The van der Waals surface area contributed by atoms with Crippen LogP contribution in [0.15, 0.2) is 35.2 Å². The number of hydrogen-bond acceptors (Lipinski definition) is 7. The number of rotatable bonds is 6. The van der Waals surface area contributed by atoms with E-state index in [1.54, 1.807) is 6.07 Å². The first kappa shape index (κ1) is 20.7. The normalized spacial score (nSPS) is 17.8. The molecule has 0 aliphatic carbocycles. The monoisotopic (exact) mass is 433 g/mol. The van der Waals surface area contributed by atoms with Crippen molar-refractivity contribution in [3.63, 3.8) is 0 Å². The van der Waals surface area contributed by atoms with Crippen molar-refractivity contribution in [1.82, 2.24) is 9.97 Å². The first-order valence-corrected chi connectivity index (χ1v) is 10.4. The van der Waals surface area contributed by atoms with Gasteiger partial charge < -0.3 is 14.4 Å². The molecule has 3 rings (SSSR count). The fourth-order valence-corrected chi connectivity index (χ4v) is 4.30. The van der Waals surface area contributed by atoms with Crippen molar-refractivity contribution in [1.29, 1.82) is 0 Å². The second-order valence-corrected chi connectivity index (χ2v) is 8.54. The highest BCUT2D eigenvalue weighted by atomic mass is 35.5. The number of benzene rings is 1. The number of ether oxygens (including phenoxy) is 2. The van der Waals surface area contributed by atoms with Gasteiger partial charge in [-0.25, -0.2) is 18.4 Å². The molecule has 1 atom stereocenters. The minimum absolute atomic E-state index is 0.0369. The molecule has 1 saturated heterocycles. The van der Waals surface area contributed by atoms with Gasteiger partial charge in [0.05, 0.1) is 35.6 Å². The van der Waals surface area contributed by atoms with Crippen molar-refractivity contribution in [2.24, 2.45) is 0 Å². The topological polar surface area (TPSA) is 81.6 Å². The number of morpholine rings is 1. The minimum Gasteiger partial charge on any atom is -0.435 e. The summed E-state index contributed by atoms with van der Waals surface area (Å²) in [7, 11) is -3.77. The summed E-state index contributed by atoms with van der Waals surface area (Å²) in [5, 5.41) is -0.0536. The Bertz CT molecular complexity index is 928. The molecule has 1 aliphatic rings. The Balaban J connectivity index is 1.82. The summed E-state index contributed by atoms with van der Waals surface area (Å²) in [6.07, 6.45) is 0. The van der Waals surface area contributed by atoms with Gasteiger partial charge in [-0.1, -0.05) is 0 Å². The Morgan fingerprint density at radius 1 is 1.32 bits per heavy atom. The third kappa shape index (κ3) is 5.06. The van der Waals surface area contributed by atoms with Crippen LogP contribution in [0.25, 0.3) is 0 Å². The zero-order chi connectivity index (χ0) is 20.3. The molecule has 2 heterocycles. The zero-order valence-electron chi connectivity index (χ0n) is 14.9. The van der Waals surface area contributed by atoms with Crippen LogP contribution in [0.5, 0.6) is 5.75 Å². The molecular formula is C17H18ClF2N3O4S. The second kappa shape index (κ2) is 8.54. The van der Waals surface area contributed by atoms with E-state index < -0.39 is 22.2 Å². The van der Waals surface area contributed by atoms with E-state index in [-0.39, 0.29) is 27.7 Å². The van der Waals surface area contributed by atoms with Crippen LogP contribution in [0.3, 0.4) is 0 Å². The Morgan fingerprint density at radius 3 is 2.68 bits per heavy atom. The zero-order valence-corrected chi connectivity index (χ0v) is 16.5. The van der Waals surface area contributed by atoms with Gasteiger partial charge in [-0.15, -0.1) is 0 Å². The lowest BCUT2D eigenvalue weighted by molar-refractivity contribution is -0.0498. The Kier molecular flexibility index (Phi) is 6.31. The Morgan fingerprint density at radius 2 is 2.04 bits per heavy atom. The number of anilines is 1. The van der Waals surface area contributed by atoms with E-state index in [1.165, 1.54) is 24.3 Å². The van der Waals surface area contributed by atoms with Crippen LogP contribution < -0.4 is 9.64 Å². The van der Waals surface area contributed by atoms with Crippen LogP contribution in [0.4, 0.5) is 14.6 Å². The third-order valence-corrected chi connectivity index (χ3v) is 5.98. The summed E-state index contributed by atoms with van der Waals surface area (Å²) in [6.45, 7) is 0.655. The van der Waals surface area contributed by atoms with Crippen LogP contribution in [0.2, 0.25) is 5.28 Å². The highest BCUT2D eigenvalue weighted by molar-refractivity contribution is 7.90. The van der Waals surface area contributed by atoms with Gasteiger partial charge in [0.25, 0.3) is 0 Å². The van der Waals surface area contributed by atoms with Gasteiger partial charge in [0.1, 0.15) is 11.6 Å². The lowest BCUT2D eigenvalue weighted by Gasteiger charge is -2.34. The summed E-state index contributed by atoms with van der Waals surface area (Å²) >= 11 is 6.00. The lowest BCUT2D eigenvalue weighted by Crippen LogP contribution is -2.44. The fourth-order valence-electron chi connectivity index (χ4n) is 2.85. The molecule has 0 saturated carbocycles. The van der Waals surface area contributed by atoms with Gasteiger partial charge in [0.2, 0.25) is 5.28 Å². The van der Waals surface area contributed by atoms with Crippen molar-refractivity contribution in [2.75, 3.05) is 24.7 Å². The van der Waals surface area contributed by atoms with Crippen molar-refractivity contribution in [3.05, 3.63) is 41.3 Å². The van der Waals surface area contributed by atoms with E-state index in [0.29, 0.717) is 25.6 Å². The lowest BCUT2D eigenvalue weighted by atomic mass is 10.2. The van der Waals surface area contributed by atoms with Crippen molar-refractivity contribution in [2.45, 2.75) is 30.2 Å². The summed E-state index contributed by atoms with van der Waals surface area (Å²) in [4.78, 5) is 10.1. The molecule has 11 heteroatoms. The molecule has 0 unspecified atom stereocenters. The molecule has 7 nitrogen and oxygen atoms in total. The SMILES string of the molecule is C[C@H]1COCCN1c1cc(CS(=O)(=O)c2ccc(OC(F)F)cc2)nc(Cl)n1. The van der Waals surface area contributed by atoms with Crippen molar-refractivity contribution >= 4 is 27.3 Å². The molecule has 1 aliphatic heterocycles. The number of halogens is 3. The fraction of sp³-hybridized carbons (Fsp3) is 0.412. The maximum absolute atomic E-state index is 12.7. The summed E-state index contributed by atoms with van der Waals surface area (Å²) in [5.41, 5.74) is 0.238. The van der Waals surface area contributed by atoms with Gasteiger partial charge in [0.15, 0.2) is 9.84 Å². The maximum atomic E-state index is 12.7. The van der Waals surface area contributed by atoms with E-state index in [4.69, 9.17) is 16.3 Å². The van der Waals surface area contributed by atoms with Crippen molar-refractivity contribution in [3.8, 4) is 5.75 Å². The van der Waals surface area contributed by atoms with Gasteiger partial charge in [-0.2, -0.15) is 8.78 Å². The Labute approximate surface area is 166 Å². The number of alkyl halides is 2. The standard InChI is InChI=1S/C17H18ClF2N3O4S/c1-11-9-26-7-6-23(11)15-8-12(21-16(18)22-15)10-28(24,25)14-4-2-13(3-5-14)27-17(19)20/h2-5,8,11,17H,6-7,9-10H2,1H3/t11-/m0/s1. The molecule has 2 aromatic rings. The summed E-state index contributed by atoms with van der Waals surface area (Å²) < 4.78 is 59.4. The Hall–Kier alpha value is -2.04. The van der Waals surface area contributed by atoms with E-state index in [0.717, 1.165) is 0 Å². The number of aromatic nitrogens is 2. The molecule has 28 heavy (non-hydrogen) atoms. The summed E-state index contributed by atoms with van der Waals surface area (Å²) in [5.74, 6) is 0.0000280. The summed E-state index contributed by atoms with van der Waals surface area (Å²) in [6, 6.07) is 6.41. The van der Waals surface area contributed by atoms with Crippen molar-refractivity contribution < 1.29 is 26.7 Å². The quantitative estimate of drug-likeness (QED) is 0.648. The van der Waals surface area contributed by atoms with E-state index in [2.05, 4.69) is 14.7 Å². The maximum Gasteiger partial charge on any atom is 0.387 e. The molecule has 152 valence electrons. The van der Waals surface area contributed by atoms with Gasteiger partial charge >= 0.3 is 6.61 Å². The van der Waals surface area contributed by atoms with Crippen LogP contribution in [-0.4, -0.2) is 50.8 Å². The molecule has 0 radical (unpaired) electrons. The first-order valence-electron chi connectivity index (χ1n) is 8.40. The van der Waals surface area contributed by atoms with E-state index in [1.807, 2.05) is 11.8 Å². The molecular weight excluding hydrogens is 416 g/mol. The minimum atomic E-state index is -3.77. The molecule has 1 aromatic carbocycles. The average molecular weight is 434 g/mol. The highest BCUT2D eigenvalue weighted by Crippen LogP contribution is 2.24. The number of hydrogen-bond donors (Lipinski definition) is 0. The first-order chi connectivity index (χ1) is 13.2. The predicted octanol–water partition coefficient (Wildman–Crippen LogP) is 2.93. The molecule has 0 amide bonds.